The molecule has 2 rings (SSSR count). The van der Waals surface area contributed by atoms with E-state index >= 15 is 0 Å². The van der Waals surface area contributed by atoms with Crippen LogP contribution in [0.15, 0.2) is 22.7 Å². The highest BCUT2D eigenvalue weighted by Crippen LogP contribution is 2.41. The van der Waals surface area contributed by atoms with Gasteiger partial charge in [0, 0.05) is 36.2 Å². The summed E-state index contributed by atoms with van der Waals surface area (Å²) in [5, 5.41) is 12.3. The fourth-order valence-electron chi connectivity index (χ4n) is 2.63. The normalized spacial score (nSPS) is 18.5. The van der Waals surface area contributed by atoms with Gasteiger partial charge in [-0.3, -0.25) is 4.90 Å². The molecule has 0 bridgehead atoms. The largest absolute Gasteiger partial charge is 0.496 e. The number of piperazine rings is 1. The van der Waals surface area contributed by atoms with Crippen LogP contribution < -0.4 is 10.1 Å². The second-order valence-corrected chi connectivity index (χ2v) is 5.91. The molecule has 0 unspecified atom stereocenters. The third kappa shape index (κ3) is 3.71. The van der Waals surface area contributed by atoms with E-state index in [0.717, 1.165) is 4.47 Å². The predicted octanol–water partition coefficient (Wildman–Crippen LogP) is 2.03. The molecule has 1 heterocycles. The topological polar surface area (TPSA) is 44.7 Å². The molecule has 0 amide bonds. The summed E-state index contributed by atoms with van der Waals surface area (Å²) in [6.07, 6.45) is 0. The van der Waals surface area contributed by atoms with E-state index in [1.807, 2.05) is 0 Å². The Morgan fingerprint density at radius 2 is 2.10 bits per heavy atom. The van der Waals surface area contributed by atoms with Gasteiger partial charge in [-0.2, -0.15) is 0 Å². The van der Waals surface area contributed by atoms with Crippen LogP contribution in [0.3, 0.4) is 0 Å². The summed E-state index contributed by atoms with van der Waals surface area (Å²) < 4.78 is 34.7. The highest BCUT2D eigenvalue weighted by Gasteiger charge is 2.45. The number of ether oxygens (including phenoxy) is 1. The molecule has 1 aliphatic rings. The average molecular weight is 365 g/mol. The van der Waals surface area contributed by atoms with Crippen molar-refractivity contribution in [3.63, 3.8) is 0 Å². The number of hydrogen-bond acceptors (Lipinski definition) is 4. The molecule has 1 aromatic rings. The number of aliphatic hydroxyl groups is 1. The van der Waals surface area contributed by atoms with Crippen molar-refractivity contribution in [2.45, 2.75) is 12.0 Å². The minimum absolute atomic E-state index is 0.390. The van der Waals surface area contributed by atoms with E-state index in [1.165, 1.54) is 7.11 Å². The van der Waals surface area contributed by atoms with Crippen molar-refractivity contribution in [2.75, 3.05) is 39.9 Å². The summed E-state index contributed by atoms with van der Waals surface area (Å²) in [6.45, 7) is 1.10. The van der Waals surface area contributed by atoms with Gasteiger partial charge in [-0.1, -0.05) is 22.0 Å². The van der Waals surface area contributed by atoms with Gasteiger partial charge < -0.3 is 15.2 Å². The maximum Gasteiger partial charge on any atom is 0.290 e. The van der Waals surface area contributed by atoms with Gasteiger partial charge in [0.05, 0.1) is 7.11 Å². The lowest BCUT2D eigenvalue weighted by molar-refractivity contribution is -0.119. The first-order valence-electron chi connectivity index (χ1n) is 6.76. The number of alkyl halides is 2. The molecule has 21 heavy (non-hydrogen) atoms. The molecule has 0 radical (unpaired) electrons. The van der Waals surface area contributed by atoms with Crippen molar-refractivity contribution in [3.8, 4) is 5.75 Å². The van der Waals surface area contributed by atoms with E-state index in [-0.39, 0.29) is 0 Å². The first-order valence-corrected chi connectivity index (χ1v) is 7.56. The monoisotopic (exact) mass is 364 g/mol. The highest BCUT2D eigenvalue weighted by molar-refractivity contribution is 9.10. The molecule has 1 fully saturated rings. The van der Waals surface area contributed by atoms with Crippen LogP contribution in [0.5, 0.6) is 5.75 Å². The Morgan fingerprint density at radius 1 is 1.43 bits per heavy atom. The van der Waals surface area contributed by atoms with Crippen molar-refractivity contribution >= 4 is 15.9 Å². The van der Waals surface area contributed by atoms with Gasteiger partial charge in [-0.15, -0.1) is 0 Å². The molecule has 1 aromatic carbocycles. The van der Waals surface area contributed by atoms with Crippen LogP contribution in [-0.2, 0) is 0 Å². The van der Waals surface area contributed by atoms with Crippen molar-refractivity contribution in [1.29, 1.82) is 0 Å². The fourth-order valence-corrected chi connectivity index (χ4v) is 2.97. The second kappa shape index (κ2) is 7.00. The third-order valence-corrected chi connectivity index (χ3v) is 4.11. The number of methoxy groups -OCH3 is 1. The smallest absolute Gasteiger partial charge is 0.290 e. The molecule has 0 aliphatic carbocycles. The van der Waals surface area contributed by atoms with Crippen LogP contribution in [-0.4, -0.2) is 55.8 Å². The van der Waals surface area contributed by atoms with E-state index in [9.17, 15) is 8.78 Å². The molecule has 2 N–H and O–H groups in total. The standard InChI is InChI=1S/C14H19BrF2N2O2/c1-21-12-8-10(15)2-3-11(12)13(14(16,17)9-20)19-6-4-18-5-7-19/h2-3,8,13,18,20H,4-7,9H2,1H3/t13-/m1/s1. The van der Waals surface area contributed by atoms with E-state index < -0.39 is 18.6 Å². The summed E-state index contributed by atoms with van der Waals surface area (Å²) in [5.41, 5.74) is 0.390. The summed E-state index contributed by atoms with van der Waals surface area (Å²) >= 11 is 3.31. The predicted molar refractivity (Wildman–Crippen MR) is 79.9 cm³/mol. The SMILES string of the molecule is COc1cc(Br)ccc1[C@@H](N1CCNCC1)C(F)(F)CO. The van der Waals surface area contributed by atoms with Crippen molar-refractivity contribution in [2.24, 2.45) is 0 Å². The fraction of sp³-hybridized carbons (Fsp3) is 0.571. The first-order chi connectivity index (χ1) is 9.99. The summed E-state index contributed by atoms with van der Waals surface area (Å²) in [7, 11) is 1.46. The molecule has 1 saturated heterocycles. The second-order valence-electron chi connectivity index (χ2n) is 4.99. The Bertz CT molecular complexity index is 482. The van der Waals surface area contributed by atoms with Crippen molar-refractivity contribution in [1.82, 2.24) is 10.2 Å². The molecular weight excluding hydrogens is 346 g/mol. The van der Waals surface area contributed by atoms with Gasteiger partial charge in [0.25, 0.3) is 5.92 Å². The van der Waals surface area contributed by atoms with E-state index in [2.05, 4.69) is 21.2 Å². The van der Waals surface area contributed by atoms with Crippen LogP contribution >= 0.6 is 15.9 Å². The number of nitrogens with zero attached hydrogens (tertiary/aromatic N) is 1. The van der Waals surface area contributed by atoms with Gasteiger partial charge in [0.1, 0.15) is 18.4 Å². The Morgan fingerprint density at radius 3 is 2.67 bits per heavy atom. The van der Waals surface area contributed by atoms with Crippen LogP contribution in [0.4, 0.5) is 8.78 Å². The number of hydrogen-bond donors (Lipinski definition) is 2. The Hall–Kier alpha value is -0.760. The van der Waals surface area contributed by atoms with Gasteiger partial charge in [-0.25, -0.2) is 8.78 Å². The molecule has 0 spiro atoms. The number of rotatable bonds is 5. The lowest BCUT2D eigenvalue weighted by Gasteiger charge is -2.39. The Balaban J connectivity index is 2.43. The van der Waals surface area contributed by atoms with Crippen LogP contribution in [0.2, 0.25) is 0 Å². The third-order valence-electron chi connectivity index (χ3n) is 3.62. The van der Waals surface area contributed by atoms with Gasteiger partial charge in [0.15, 0.2) is 0 Å². The number of halogens is 3. The summed E-state index contributed by atoms with van der Waals surface area (Å²) in [6, 6.07) is 3.80. The number of nitrogens with one attached hydrogen (secondary N) is 1. The molecule has 4 nitrogen and oxygen atoms in total. The maximum absolute atomic E-state index is 14.3. The minimum atomic E-state index is -3.24. The number of benzene rings is 1. The Labute approximate surface area is 131 Å². The lowest BCUT2D eigenvalue weighted by Crippen LogP contribution is -2.51. The molecule has 7 heteroatoms. The minimum Gasteiger partial charge on any atom is -0.496 e. The quantitative estimate of drug-likeness (QED) is 0.838. The molecule has 118 valence electrons. The highest BCUT2D eigenvalue weighted by atomic mass is 79.9. The molecule has 0 saturated carbocycles. The first kappa shape index (κ1) is 16.6. The van der Waals surface area contributed by atoms with Gasteiger partial charge >= 0.3 is 0 Å². The zero-order chi connectivity index (χ0) is 15.5. The molecule has 1 atom stereocenters. The van der Waals surface area contributed by atoms with Crippen LogP contribution in [0.25, 0.3) is 0 Å². The van der Waals surface area contributed by atoms with E-state index in [0.29, 0.717) is 37.5 Å². The van der Waals surface area contributed by atoms with E-state index in [1.54, 1.807) is 23.1 Å². The molecule has 0 aromatic heterocycles. The average Bonchev–Trinajstić information content (AvgIpc) is 2.50. The van der Waals surface area contributed by atoms with Crippen molar-refractivity contribution in [3.05, 3.63) is 28.2 Å². The molecular formula is C14H19BrF2N2O2. The Kier molecular flexibility index (Phi) is 5.54. The summed E-state index contributed by atoms with van der Waals surface area (Å²) in [5.74, 6) is -2.85. The van der Waals surface area contributed by atoms with Gasteiger partial charge in [-0.05, 0) is 12.1 Å². The zero-order valence-corrected chi connectivity index (χ0v) is 13.4. The summed E-state index contributed by atoms with van der Waals surface area (Å²) in [4.78, 5) is 1.69. The number of aliphatic hydroxyl groups excluding tert-OH is 1. The van der Waals surface area contributed by atoms with Crippen LogP contribution in [0.1, 0.15) is 11.6 Å². The zero-order valence-electron chi connectivity index (χ0n) is 11.8. The molecule has 1 aliphatic heterocycles. The van der Waals surface area contributed by atoms with Crippen molar-refractivity contribution < 1.29 is 18.6 Å². The lowest BCUT2D eigenvalue weighted by atomic mass is 9.97. The maximum atomic E-state index is 14.3. The van der Waals surface area contributed by atoms with Gasteiger partial charge in [0.2, 0.25) is 0 Å². The van der Waals surface area contributed by atoms with E-state index in [4.69, 9.17) is 9.84 Å². The van der Waals surface area contributed by atoms with Crippen LogP contribution in [0, 0.1) is 0 Å².